The summed E-state index contributed by atoms with van der Waals surface area (Å²) in [4.78, 5) is 25.9. The van der Waals surface area contributed by atoms with Crippen LogP contribution < -0.4 is 16.4 Å². The number of amides is 2. The Morgan fingerprint density at radius 2 is 2.04 bits per heavy atom. The van der Waals surface area contributed by atoms with Crippen molar-refractivity contribution in [1.82, 2.24) is 10.2 Å². The van der Waals surface area contributed by atoms with Gasteiger partial charge in [-0.3, -0.25) is 14.5 Å². The predicted molar refractivity (Wildman–Crippen MR) is 94.7 cm³/mol. The largest absolute Gasteiger partial charge is 0.351 e. The van der Waals surface area contributed by atoms with Gasteiger partial charge in [-0.05, 0) is 17.7 Å². The summed E-state index contributed by atoms with van der Waals surface area (Å²) in [5.74, 6) is 1.95. The molecule has 0 aliphatic carbocycles. The molecule has 7 heteroatoms. The molecule has 0 radical (unpaired) electrons. The highest BCUT2D eigenvalue weighted by molar-refractivity contribution is 7.99. The number of nitrogens with two attached hydrogens (primary N) is 1. The Balaban J connectivity index is 2.16. The van der Waals surface area contributed by atoms with E-state index < -0.39 is 0 Å². The summed E-state index contributed by atoms with van der Waals surface area (Å²) in [7, 11) is 0. The third-order valence-electron chi connectivity index (χ3n) is 3.61. The molecular weight excluding hydrogens is 312 g/mol. The maximum absolute atomic E-state index is 12.1. The monoisotopic (exact) mass is 336 g/mol. The highest BCUT2D eigenvalue weighted by Gasteiger charge is 2.15. The first-order valence-electron chi connectivity index (χ1n) is 7.79. The van der Waals surface area contributed by atoms with Gasteiger partial charge in [-0.25, -0.2) is 0 Å². The molecule has 23 heavy (non-hydrogen) atoms. The van der Waals surface area contributed by atoms with Gasteiger partial charge in [0.1, 0.15) is 0 Å². The van der Waals surface area contributed by atoms with E-state index in [1.807, 2.05) is 17.8 Å². The van der Waals surface area contributed by atoms with Gasteiger partial charge in [0.25, 0.3) is 5.91 Å². The minimum atomic E-state index is -0.178. The summed E-state index contributed by atoms with van der Waals surface area (Å²) in [6.07, 6.45) is 0. The lowest BCUT2D eigenvalue weighted by Crippen LogP contribution is -2.32. The smallest absolute Gasteiger partial charge is 0.251 e. The lowest BCUT2D eigenvalue weighted by atomic mass is 10.1. The molecular formula is C16H24N4O2S. The molecule has 1 aliphatic rings. The third kappa shape index (κ3) is 5.53. The van der Waals surface area contributed by atoms with Crippen LogP contribution >= 0.6 is 11.8 Å². The Bertz CT molecular complexity index is 559. The number of benzene rings is 1. The summed E-state index contributed by atoms with van der Waals surface area (Å²) in [5.41, 5.74) is 7.66. The summed E-state index contributed by atoms with van der Waals surface area (Å²) >= 11 is 1.96. The molecule has 6 nitrogen and oxygen atoms in total. The van der Waals surface area contributed by atoms with E-state index >= 15 is 0 Å². The highest BCUT2D eigenvalue weighted by Crippen LogP contribution is 2.21. The normalized spacial score (nSPS) is 15.2. The van der Waals surface area contributed by atoms with E-state index in [1.54, 1.807) is 12.1 Å². The van der Waals surface area contributed by atoms with Crippen LogP contribution in [-0.2, 0) is 11.3 Å². The third-order valence-corrected chi connectivity index (χ3v) is 4.55. The Kier molecular flexibility index (Phi) is 6.88. The van der Waals surface area contributed by atoms with Crippen LogP contribution in [-0.4, -0.2) is 54.4 Å². The Hall–Kier alpha value is -1.57. The van der Waals surface area contributed by atoms with E-state index in [1.165, 1.54) is 6.92 Å². The molecule has 2 rings (SSSR count). The zero-order chi connectivity index (χ0) is 16.7. The quantitative estimate of drug-likeness (QED) is 0.718. The zero-order valence-electron chi connectivity index (χ0n) is 13.4. The van der Waals surface area contributed by atoms with Crippen molar-refractivity contribution in [2.75, 3.05) is 43.0 Å². The van der Waals surface area contributed by atoms with E-state index in [0.29, 0.717) is 24.3 Å². The second-order valence-electron chi connectivity index (χ2n) is 5.49. The number of hydrogen-bond acceptors (Lipinski definition) is 5. The number of carbonyl (C=O) groups is 2. The summed E-state index contributed by atoms with van der Waals surface area (Å²) < 4.78 is 0. The van der Waals surface area contributed by atoms with Gasteiger partial charge in [-0.1, -0.05) is 6.07 Å². The second-order valence-corrected chi connectivity index (χ2v) is 6.71. The van der Waals surface area contributed by atoms with Crippen LogP contribution in [0.2, 0.25) is 0 Å². The fourth-order valence-electron chi connectivity index (χ4n) is 2.45. The van der Waals surface area contributed by atoms with Crippen LogP contribution in [0.5, 0.6) is 0 Å². The number of thioether (sulfide) groups is 1. The van der Waals surface area contributed by atoms with Crippen molar-refractivity contribution < 1.29 is 9.59 Å². The maximum atomic E-state index is 12.1. The minimum absolute atomic E-state index is 0.139. The molecule has 4 N–H and O–H groups in total. The van der Waals surface area contributed by atoms with Gasteiger partial charge in [0.2, 0.25) is 5.91 Å². The van der Waals surface area contributed by atoms with Crippen LogP contribution in [0.4, 0.5) is 5.69 Å². The fourth-order valence-corrected chi connectivity index (χ4v) is 3.43. The van der Waals surface area contributed by atoms with Gasteiger partial charge in [-0.15, -0.1) is 0 Å². The number of rotatable bonds is 6. The standard InChI is InChI=1S/C16H24N4O2S/c1-12(21)19-15-10-13(16(22)18-5-4-17)2-3-14(15)11-20-6-8-23-9-7-20/h2-3,10H,4-9,11,17H2,1H3,(H,18,22)(H,19,21). The van der Waals surface area contributed by atoms with Crippen molar-refractivity contribution in [3.8, 4) is 0 Å². The topological polar surface area (TPSA) is 87.5 Å². The maximum Gasteiger partial charge on any atom is 0.251 e. The molecule has 1 heterocycles. The number of nitrogens with zero attached hydrogens (tertiary/aromatic N) is 1. The summed E-state index contributed by atoms with van der Waals surface area (Å²) in [6.45, 7) is 5.17. The van der Waals surface area contributed by atoms with Gasteiger partial charge in [0.15, 0.2) is 0 Å². The molecule has 1 fully saturated rings. The van der Waals surface area contributed by atoms with Crippen LogP contribution in [0, 0.1) is 0 Å². The first-order chi connectivity index (χ1) is 11.1. The van der Waals surface area contributed by atoms with Crippen molar-refractivity contribution in [1.29, 1.82) is 0 Å². The minimum Gasteiger partial charge on any atom is -0.351 e. The van der Waals surface area contributed by atoms with Crippen molar-refractivity contribution >= 4 is 29.3 Å². The molecule has 0 bridgehead atoms. The van der Waals surface area contributed by atoms with Crippen LogP contribution in [0.3, 0.4) is 0 Å². The van der Waals surface area contributed by atoms with E-state index in [2.05, 4.69) is 15.5 Å². The van der Waals surface area contributed by atoms with Crippen LogP contribution in [0.1, 0.15) is 22.8 Å². The molecule has 0 unspecified atom stereocenters. The van der Waals surface area contributed by atoms with Crippen LogP contribution in [0.25, 0.3) is 0 Å². The van der Waals surface area contributed by atoms with E-state index in [-0.39, 0.29) is 11.8 Å². The van der Waals surface area contributed by atoms with Crippen molar-refractivity contribution in [3.63, 3.8) is 0 Å². The Labute approximate surface area is 141 Å². The Morgan fingerprint density at radius 1 is 1.30 bits per heavy atom. The van der Waals surface area contributed by atoms with Gasteiger partial charge in [0.05, 0.1) is 0 Å². The van der Waals surface area contributed by atoms with E-state index in [4.69, 9.17) is 5.73 Å². The second kappa shape index (κ2) is 8.90. The summed E-state index contributed by atoms with van der Waals surface area (Å²) in [5, 5.41) is 5.58. The number of hydrogen-bond donors (Lipinski definition) is 3. The molecule has 126 valence electrons. The number of anilines is 1. The lowest BCUT2D eigenvalue weighted by Gasteiger charge is -2.27. The number of carbonyl (C=O) groups excluding carboxylic acids is 2. The van der Waals surface area contributed by atoms with Crippen molar-refractivity contribution in [3.05, 3.63) is 29.3 Å². The lowest BCUT2D eigenvalue weighted by molar-refractivity contribution is -0.114. The first kappa shape index (κ1) is 17.8. The van der Waals surface area contributed by atoms with Crippen molar-refractivity contribution in [2.24, 2.45) is 5.73 Å². The van der Waals surface area contributed by atoms with Gasteiger partial charge in [0, 0.05) is 62.4 Å². The molecule has 0 atom stereocenters. The molecule has 0 saturated carbocycles. The van der Waals surface area contributed by atoms with E-state index in [0.717, 1.165) is 36.7 Å². The van der Waals surface area contributed by atoms with Crippen LogP contribution in [0.15, 0.2) is 18.2 Å². The molecule has 1 saturated heterocycles. The molecule has 0 spiro atoms. The number of nitrogens with one attached hydrogen (secondary N) is 2. The molecule has 2 amide bonds. The average Bonchev–Trinajstić information content (AvgIpc) is 2.54. The first-order valence-corrected chi connectivity index (χ1v) is 8.94. The molecule has 0 aromatic heterocycles. The highest BCUT2D eigenvalue weighted by atomic mass is 32.2. The van der Waals surface area contributed by atoms with E-state index in [9.17, 15) is 9.59 Å². The zero-order valence-corrected chi connectivity index (χ0v) is 14.2. The fraction of sp³-hybridized carbons (Fsp3) is 0.500. The van der Waals surface area contributed by atoms with Gasteiger partial charge >= 0.3 is 0 Å². The van der Waals surface area contributed by atoms with Gasteiger partial charge < -0.3 is 16.4 Å². The van der Waals surface area contributed by atoms with Gasteiger partial charge in [-0.2, -0.15) is 11.8 Å². The molecule has 1 aromatic rings. The average molecular weight is 336 g/mol. The summed E-state index contributed by atoms with van der Waals surface area (Å²) in [6, 6.07) is 5.46. The predicted octanol–water partition coefficient (Wildman–Crippen LogP) is 0.882. The van der Waals surface area contributed by atoms with Crippen molar-refractivity contribution in [2.45, 2.75) is 13.5 Å². The Morgan fingerprint density at radius 3 is 2.70 bits per heavy atom. The molecule has 1 aromatic carbocycles. The molecule has 1 aliphatic heterocycles. The SMILES string of the molecule is CC(=O)Nc1cc(C(=O)NCCN)ccc1CN1CCSCC1.